The van der Waals surface area contributed by atoms with E-state index in [0.717, 1.165) is 25.8 Å². The second-order valence-electron chi connectivity index (χ2n) is 6.06. The number of benzene rings is 1. The van der Waals surface area contributed by atoms with Gasteiger partial charge in [-0.15, -0.1) is 0 Å². The SMILES string of the molecule is O=C(CC1CCCCN1)NC1CCCc2ccccc21. The number of hydrogen-bond acceptors (Lipinski definition) is 2. The van der Waals surface area contributed by atoms with Crippen molar-refractivity contribution in [3.8, 4) is 0 Å². The molecule has 1 amide bonds. The van der Waals surface area contributed by atoms with Crippen molar-refractivity contribution in [1.82, 2.24) is 10.6 Å². The molecule has 1 aromatic rings. The largest absolute Gasteiger partial charge is 0.349 e. The number of carbonyl (C=O) groups is 1. The molecule has 1 heterocycles. The van der Waals surface area contributed by atoms with Crippen LogP contribution in [0, 0.1) is 0 Å². The minimum Gasteiger partial charge on any atom is -0.349 e. The molecule has 0 saturated carbocycles. The Hall–Kier alpha value is -1.35. The standard InChI is InChI=1S/C17H24N2O/c20-17(12-14-8-3-4-11-18-14)19-16-10-5-7-13-6-1-2-9-15(13)16/h1-2,6,9,14,16,18H,3-5,7-8,10-12H2,(H,19,20). The van der Waals surface area contributed by atoms with Gasteiger partial charge in [-0.05, 0) is 49.8 Å². The zero-order valence-corrected chi connectivity index (χ0v) is 12.0. The summed E-state index contributed by atoms with van der Waals surface area (Å²) in [5.41, 5.74) is 2.73. The Labute approximate surface area is 121 Å². The van der Waals surface area contributed by atoms with Crippen LogP contribution in [0.4, 0.5) is 0 Å². The third kappa shape index (κ3) is 3.21. The maximum Gasteiger partial charge on any atom is 0.222 e. The van der Waals surface area contributed by atoms with Crippen LogP contribution in [0.25, 0.3) is 0 Å². The molecule has 3 rings (SSSR count). The number of piperidine rings is 1. The van der Waals surface area contributed by atoms with E-state index in [2.05, 4.69) is 34.9 Å². The van der Waals surface area contributed by atoms with Crippen LogP contribution in [-0.4, -0.2) is 18.5 Å². The fourth-order valence-corrected chi connectivity index (χ4v) is 3.48. The summed E-state index contributed by atoms with van der Waals surface area (Å²) in [5, 5.41) is 6.69. The smallest absolute Gasteiger partial charge is 0.222 e. The van der Waals surface area contributed by atoms with E-state index in [1.165, 1.54) is 30.4 Å². The lowest BCUT2D eigenvalue weighted by molar-refractivity contribution is -0.122. The number of rotatable bonds is 3. The molecule has 0 aromatic heterocycles. The van der Waals surface area contributed by atoms with Crippen molar-refractivity contribution in [2.45, 2.75) is 57.0 Å². The number of aryl methyl sites for hydroxylation is 1. The van der Waals surface area contributed by atoms with Crippen molar-refractivity contribution in [3.63, 3.8) is 0 Å². The lowest BCUT2D eigenvalue weighted by Crippen LogP contribution is -2.40. The van der Waals surface area contributed by atoms with Gasteiger partial charge in [0.15, 0.2) is 0 Å². The molecule has 1 aliphatic carbocycles. The van der Waals surface area contributed by atoms with E-state index >= 15 is 0 Å². The second-order valence-corrected chi connectivity index (χ2v) is 6.06. The van der Waals surface area contributed by atoms with Crippen LogP contribution in [0.3, 0.4) is 0 Å². The van der Waals surface area contributed by atoms with Gasteiger partial charge in [0.25, 0.3) is 0 Å². The quantitative estimate of drug-likeness (QED) is 0.888. The van der Waals surface area contributed by atoms with E-state index < -0.39 is 0 Å². The van der Waals surface area contributed by atoms with Gasteiger partial charge in [0.05, 0.1) is 6.04 Å². The average molecular weight is 272 g/mol. The van der Waals surface area contributed by atoms with Crippen LogP contribution in [0.5, 0.6) is 0 Å². The summed E-state index contributed by atoms with van der Waals surface area (Å²) in [7, 11) is 0. The maximum absolute atomic E-state index is 12.2. The average Bonchev–Trinajstić information content (AvgIpc) is 2.48. The third-order valence-corrected chi connectivity index (χ3v) is 4.55. The number of carbonyl (C=O) groups excluding carboxylic acids is 1. The first-order valence-corrected chi connectivity index (χ1v) is 7.93. The predicted molar refractivity (Wildman–Crippen MR) is 80.5 cm³/mol. The molecule has 1 aliphatic heterocycles. The Balaban J connectivity index is 1.59. The van der Waals surface area contributed by atoms with E-state index in [-0.39, 0.29) is 11.9 Å². The van der Waals surface area contributed by atoms with Gasteiger partial charge in [0, 0.05) is 12.5 Å². The van der Waals surface area contributed by atoms with Crippen LogP contribution in [0.1, 0.15) is 55.7 Å². The molecular formula is C17H24N2O. The Bertz CT molecular complexity index is 466. The van der Waals surface area contributed by atoms with Crippen molar-refractivity contribution in [2.75, 3.05) is 6.54 Å². The molecule has 1 aromatic carbocycles. The van der Waals surface area contributed by atoms with E-state index in [4.69, 9.17) is 0 Å². The topological polar surface area (TPSA) is 41.1 Å². The fourth-order valence-electron chi connectivity index (χ4n) is 3.48. The summed E-state index contributed by atoms with van der Waals surface area (Å²) in [6, 6.07) is 9.12. The lowest BCUT2D eigenvalue weighted by Gasteiger charge is -2.28. The lowest BCUT2D eigenvalue weighted by atomic mass is 9.87. The van der Waals surface area contributed by atoms with E-state index in [1.54, 1.807) is 0 Å². The Morgan fingerprint density at radius 2 is 2.10 bits per heavy atom. The molecule has 2 N–H and O–H groups in total. The van der Waals surface area contributed by atoms with Gasteiger partial charge in [-0.1, -0.05) is 30.7 Å². The zero-order chi connectivity index (χ0) is 13.8. The molecule has 3 nitrogen and oxygen atoms in total. The first-order chi connectivity index (χ1) is 9.83. The Morgan fingerprint density at radius 1 is 1.20 bits per heavy atom. The van der Waals surface area contributed by atoms with Crippen molar-refractivity contribution in [3.05, 3.63) is 35.4 Å². The normalized spacial score (nSPS) is 25.8. The minimum absolute atomic E-state index is 0.200. The minimum atomic E-state index is 0.200. The molecule has 3 heteroatoms. The molecule has 20 heavy (non-hydrogen) atoms. The highest BCUT2D eigenvalue weighted by Gasteiger charge is 2.23. The Morgan fingerprint density at radius 3 is 2.95 bits per heavy atom. The van der Waals surface area contributed by atoms with E-state index in [0.29, 0.717) is 12.5 Å². The molecule has 1 saturated heterocycles. The van der Waals surface area contributed by atoms with Crippen LogP contribution in [0.15, 0.2) is 24.3 Å². The van der Waals surface area contributed by atoms with E-state index in [1.807, 2.05) is 0 Å². The molecule has 0 radical (unpaired) electrons. The van der Waals surface area contributed by atoms with Crippen molar-refractivity contribution in [1.29, 1.82) is 0 Å². The summed E-state index contributed by atoms with van der Waals surface area (Å²) in [6.07, 6.45) is 7.63. The summed E-state index contributed by atoms with van der Waals surface area (Å²) in [6.45, 7) is 1.06. The van der Waals surface area contributed by atoms with Crippen molar-refractivity contribution >= 4 is 5.91 Å². The first kappa shape index (κ1) is 13.6. The number of fused-ring (bicyclic) bond motifs is 1. The summed E-state index contributed by atoms with van der Waals surface area (Å²) in [5.74, 6) is 0.200. The van der Waals surface area contributed by atoms with Crippen molar-refractivity contribution < 1.29 is 4.79 Å². The first-order valence-electron chi connectivity index (χ1n) is 7.93. The van der Waals surface area contributed by atoms with Gasteiger partial charge in [0.1, 0.15) is 0 Å². The van der Waals surface area contributed by atoms with Gasteiger partial charge < -0.3 is 10.6 Å². The maximum atomic E-state index is 12.2. The zero-order valence-electron chi connectivity index (χ0n) is 12.0. The summed E-state index contributed by atoms with van der Waals surface area (Å²) in [4.78, 5) is 12.2. The van der Waals surface area contributed by atoms with E-state index in [9.17, 15) is 4.79 Å². The van der Waals surface area contributed by atoms with Crippen LogP contribution in [0.2, 0.25) is 0 Å². The molecule has 0 spiro atoms. The van der Waals surface area contributed by atoms with Gasteiger partial charge in [-0.25, -0.2) is 0 Å². The highest BCUT2D eigenvalue weighted by molar-refractivity contribution is 5.77. The summed E-state index contributed by atoms with van der Waals surface area (Å²) < 4.78 is 0. The molecule has 108 valence electrons. The van der Waals surface area contributed by atoms with Gasteiger partial charge in [-0.2, -0.15) is 0 Å². The monoisotopic (exact) mass is 272 g/mol. The number of amides is 1. The van der Waals surface area contributed by atoms with Gasteiger partial charge in [-0.3, -0.25) is 4.79 Å². The van der Waals surface area contributed by atoms with Crippen LogP contribution < -0.4 is 10.6 Å². The van der Waals surface area contributed by atoms with Gasteiger partial charge in [0.2, 0.25) is 5.91 Å². The number of nitrogens with one attached hydrogen (secondary N) is 2. The number of hydrogen-bond donors (Lipinski definition) is 2. The third-order valence-electron chi connectivity index (χ3n) is 4.55. The molecule has 2 atom stereocenters. The molecule has 1 fully saturated rings. The predicted octanol–water partition coefficient (Wildman–Crippen LogP) is 2.71. The van der Waals surface area contributed by atoms with Crippen molar-refractivity contribution in [2.24, 2.45) is 0 Å². The molecular weight excluding hydrogens is 248 g/mol. The summed E-state index contributed by atoms with van der Waals surface area (Å²) >= 11 is 0. The van der Waals surface area contributed by atoms with Crippen LogP contribution >= 0.6 is 0 Å². The van der Waals surface area contributed by atoms with Gasteiger partial charge >= 0.3 is 0 Å². The Kier molecular flexibility index (Phi) is 4.36. The second kappa shape index (κ2) is 6.40. The fraction of sp³-hybridized carbons (Fsp3) is 0.588. The highest BCUT2D eigenvalue weighted by Crippen LogP contribution is 2.29. The molecule has 2 unspecified atom stereocenters. The highest BCUT2D eigenvalue weighted by atomic mass is 16.1. The van der Waals surface area contributed by atoms with Crippen LogP contribution in [-0.2, 0) is 11.2 Å². The molecule has 0 bridgehead atoms. The molecule has 2 aliphatic rings.